The predicted octanol–water partition coefficient (Wildman–Crippen LogP) is 3.21. The van der Waals surface area contributed by atoms with E-state index in [2.05, 4.69) is 10.1 Å². The lowest BCUT2D eigenvalue weighted by Crippen LogP contribution is -2.30. The van der Waals surface area contributed by atoms with Gasteiger partial charge in [0.2, 0.25) is 5.91 Å². The number of ether oxygens (including phenoxy) is 1. The van der Waals surface area contributed by atoms with E-state index < -0.39 is 17.8 Å². The summed E-state index contributed by atoms with van der Waals surface area (Å²) in [6.45, 7) is 0. The van der Waals surface area contributed by atoms with Crippen molar-refractivity contribution >= 4 is 17.7 Å². The van der Waals surface area contributed by atoms with Gasteiger partial charge in [0.15, 0.2) is 5.78 Å². The molecule has 6 heteroatoms. The molecule has 0 radical (unpaired) electrons. The Morgan fingerprint density at radius 3 is 2.27 bits per heavy atom. The minimum Gasteiger partial charge on any atom is -0.469 e. The highest BCUT2D eigenvalue weighted by Crippen LogP contribution is 2.18. The van der Waals surface area contributed by atoms with Crippen LogP contribution < -0.4 is 5.32 Å². The van der Waals surface area contributed by atoms with Crippen LogP contribution in [-0.4, -0.2) is 24.8 Å². The summed E-state index contributed by atoms with van der Waals surface area (Å²) in [4.78, 5) is 35.9. The molecule has 0 bridgehead atoms. The van der Waals surface area contributed by atoms with Crippen molar-refractivity contribution < 1.29 is 23.5 Å². The highest BCUT2D eigenvalue weighted by atomic mass is 19.1. The van der Waals surface area contributed by atoms with E-state index in [0.29, 0.717) is 11.1 Å². The van der Waals surface area contributed by atoms with Gasteiger partial charge in [-0.05, 0) is 17.7 Å². The van der Waals surface area contributed by atoms with Gasteiger partial charge in [0.1, 0.15) is 5.82 Å². The van der Waals surface area contributed by atoms with Crippen LogP contribution in [0.5, 0.6) is 0 Å². The Kier molecular flexibility index (Phi) is 7.02. The number of ketones is 1. The Morgan fingerprint density at radius 2 is 1.65 bits per heavy atom. The summed E-state index contributed by atoms with van der Waals surface area (Å²) in [5, 5.41) is 2.71. The average molecular weight is 357 g/mol. The molecule has 1 N–H and O–H groups in total. The molecule has 0 saturated carbocycles. The molecule has 2 aromatic rings. The first-order chi connectivity index (χ1) is 12.5. The Hall–Kier alpha value is -3.02. The molecule has 26 heavy (non-hydrogen) atoms. The van der Waals surface area contributed by atoms with Crippen molar-refractivity contribution in [3.05, 3.63) is 71.5 Å². The number of carbonyl (C=O) groups excluding carboxylic acids is 3. The number of esters is 1. The van der Waals surface area contributed by atoms with Crippen molar-refractivity contribution in [1.82, 2.24) is 5.32 Å². The first-order valence-electron chi connectivity index (χ1n) is 8.19. The van der Waals surface area contributed by atoms with E-state index in [1.54, 1.807) is 24.3 Å². The number of carbonyl (C=O) groups is 3. The molecule has 0 heterocycles. The zero-order valence-corrected chi connectivity index (χ0v) is 14.4. The van der Waals surface area contributed by atoms with Gasteiger partial charge in [-0.1, -0.05) is 42.5 Å². The minimum atomic E-state index is -0.651. The Balaban J connectivity index is 1.98. The fraction of sp³-hybridized carbons (Fsp3) is 0.250. The number of Topliss-reactive ketones (excluding diaryl/α,β-unsaturated/α-hetero) is 1. The lowest BCUT2D eigenvalue weighted by molar-refractivity contribution is -0.141. The zero-order chi connectivity index (χ0) is 18.9. The molecule has 1 unspecified atom stereocenters. The van der Waals surface area contributed by atoms with E-state index in [-0.39, 0.29) is 31.0 Å². The van der Waals surface area contributed by atoms with E-state index in [1.165, 1.54) is 31.4 Å². The molecule has 5 nitrogen and oxygen atoms in total. The maximum absolute atomic E-state index is 13.1. The molecular formula is C20H20FNO4. The molecule has 0 aromatic heterocycles. The summed E-state index contributed by atoms with van der Waals surface area (Å²) in [7, 11) is 1.25. The van der Waals surface area contributed by atoms with Gasteiger partial charge in [-0.3, -0.25) is 14.4 Å². The van der Waals surface area contributed by atoms with E-state index in [4.69, 9.17) is 0 Å². The fourth-order valence-electron chi connectivity index (χ4n) is 2.46. The normalized spacial score (nSPS) is 11.5. The predicted molar refractivity (Wildman–Crippen MR) is 93.9 cm³/mol. The Morgan fingerprint density at radius 1 is 1.00 bits per heavy atom. The third-order valence-corrected chi connectivity index (χ3v) is 3.88. The molecule has 0 saturated heterocycles. The number of amides is 1. The van der Waals surface area contributed by atoms with Gasteiger partial charge in [0, 0.05) is 18.4 Å². The van der Waals surface area contributed by atoms with E-state index in [0.717, 1.165) is 0 Å². The number of nitrogens with one attached hydrogen (secondary N) is 1. The molecular weight excluding hydrogens is 337 g/mol. The first-order valence-corrected chi connectivity index (χ1v) is 8.19. The van der Waals surface area contributed by atoms with Gasteiger partial charge in [-0.15, -0.1) is 0 Å². The Bertz CT molecular complexity index is 759. The standard InChI is InChI=1S/C20H20FNO4/c1-26-20(25)13-17(14-7-9-16(21)10-8-14)22-19(24)12-11-18(23)15-5-3-2-4-6-15/h2-10,17H,11-13H2,1H3,(H,22,24). The van der Waals surface area contributed by atoms with Crippen LogP contribution in [0.3, 0.4) is 0 Å². The maximum atomic E-state index is 13.1. The average Bonchev–Trinajstić information content (AvgIpc) is 2.66. The van der Waals surface area contributed by atoms with E-state index >= 15 is 0 Å². The molecule has 136 valence electrons. The van der Waals surface area contributed by atoms with Gasteiger partial charge < -0.3 is 10.1 Å². The highest BCUT2D eigenvalue weighted by Gasteiger charge is 2.19. The van der Waals surface area contributed by atoms with Crippen molar-refractivity contribution in [3.8, 4) is 0 Å². The quantitative estimate of drug-likeness (QED) is 0.582. The van der Waals surface area contributed by atoms with Crippen LogP contribution in [0.15, 0.2) is 54.6 Å². The zero-order valence-electron chi connectivity index (χ0n) is 14.4. The molecule has 2 rings (SSSR count). The van der Waals surface area contributed by atoms with Crippen LogP contribution in [0.4, 0.5) is 4.39 Å². The van der Waals surface area contributed by atoms with Gasteiger partial charge >= 0.3 is 5.97 Å². The van der Waals surface area contributed by atoms with Gasteiger partial charge in [0.05, 0.1) is 19.6 Å². The van der Waals surface area contributed by atoms with Crippen molar-refractivity contribution in [1.29, 1.82) is 0 Å². The van der Waals surface area contributed by atoms with Crippen LogP contribution >= 0.6 is 0 Å². The highest BCUT2D eigenvalue weighted by molar-refractivity contribution is 5.97. The van der Waals surface area contributed by atoms with Crippen LogP contribution in [0.2, 0.25) is 0 Å². The second kappa shape index (κ2) is 9.46. The summed E-state index contributed by atoms with van der Waals surface area (Å²) in [5.74, 6) is -1.41. The monoisotopic (exact) mass is 357 g/mol. The fourth-order valence-corrected chi connectivity index (χ4v) is 2.46. The van der Waals surface area contributed by atoms with Crippen molar-refractivity contribution in [2.24, 2.45) is 0 Å². The molecule has 0 spiro atoms. The van der Waals surface area contributed by atoms with Gasteiger partial charge in [-0.25, -0.2) is 4.39 Å². The van der Waals surface area contributed by atoms with Crippen molar-refractivity contribution in [2.45, 2.75) is 25.3 Å². The summed E-state index contributed by atoms with van der Waals surface area (Å²) in [6, 6.07) is 13.6. The first kappa shape index (κ1) is 19.3. The van der Waals surface area contributed by atoms with E-state index in [9.17, 15) is 18.8 Å². The van der Waals surface area contributed by atoms with Crippen LogP contribution in [0, 0.1) is 5.82 Å². The largest absolute Gasteiger partial charge is 0.469 e. The SMILES string of the molecule is COC(=O)CC(NC(=O)CCC(=O)c1ccccc1)c1ccc(F)cc1. The smallest absolute Gasteiger partial charge is 0.307 e. The summed E-state index contributed by atoms with van der Waals surface area (Å²) < 4.78 is 17.7. The molecule has 0 aliphatic rings. The molecule has 1 amide bonds. The van der Waals surface area contributed by atoms with Crippen LogP contribution in [0.1, 0.15) is 41.2 Å². The number of halogens is 1. The van der Waals surface area contributed by atoms with Gasteiger partial charge in [0.25, 0.3) is 0 Å². The topological polar surface area (TPSA) is 72.5 Å². The molecule has 0 aliphatic carbocycles. The summed E-state index contributed by atoms with van der Waals surface area (Å²) in [5.41, 5.74) is 1.13. The third-order valence-electron chi connectivity index (χ3n) is 3.88. The molecule has 0 fully saturated rings. The molecule has 0 aliphatic heterocycles. The number of rotatable bonds is 8. The minimum absolute atomic E-state index is 0.00735. The van der Waals surface area contributed by atoms with Crippen LogP contribution in [-0.2, 0) is 14.3 Å². The number of benzene rings is 2. The second-order valence-electron chi connectivity index (χ2n) is 5.74. The second-order valence-corrected chi connectivity index (χ2v) is 5.74. The molecule has 2 aromatic carbocycles. The third kappa shape index (κ3) is 5.81. The van der Waals surface area contributed by atoms with Crippen molar-refractivity contribution in [2.75, 3.05) is 7.11 Å². The summed E-state index contributed by atoms with van der Waals surface area (Å²) >= 11 is 0. The van der Waals surface area contributed by atoms with E-state index in [1.807, 2.05) is 6.07 Å². The number of hydrogen-bond acceptors (Lipinski definition) is 4. The maximum Gasteiger partial charge on any atom is 0.307 e. The lowest BCUT2D eigenvalue weighted by Gasteiger charge is -2.18. The van der Waals surface area contributed by atoms with Crippen LogP contribution in [0.25, 0.3) is 0 Å². The van der Waals surface area contributed by atoms with Crippen molar-refractivity contribution in [3.63, 3.8) is 0 Å². The summed E-state index contributed by atoms with van der Waals surface area (Å²) in [6.07, 6.45) is -0.0304. The molecule has 1 atom stereocenters. The number of methoxy groups -OCH3 is 1. The van der Waals surface area contributed by atoms with Gasteiger partial charge in [-0.2, -0.15) is 0 Å². The Labute approximate surface area is 151 Å². The lowest BCUT2D eigenvalue weighted by atomic mass is 10.0. The number of hydrogen-bond donors (Lipinski definition) is 1.